The van der Waals surface area contributed by atoms with Crippen LogP contribution in [-0.4, -0.2) is 27.6 Å². The monoisotopic (exact) mass is 348 g/mol. The Labute approximate surface area is 153 Å². The van der Waals surface area contributed by atoms with E-state index in [1.54, 1.807) is 0 Å². The third kappa shape index (κ3) is 3.30. The zero-order chi connectivity index (χ0) is 17.9. The first-order valence-electron chi connectivity index (χ1n) is 9.30. The molecular weight excluding hydrogens is 324 g/mol. The summed E-state index contributed by atoms with van der Waals surface area (Å²) in [4.78, 5) is 17.3. The second kappa shape index (κ2) is 7.44. The van der Waals surface area contributed by atoms with Crippen LogP contribution in [-0.2, 0) is 6.54 Å². The molecule has 2 atom stereocenters. The van der Waals surface area contributed by atoms with Crippen LogP contribution in [0.1, 0.15) is 36.5 Å². The van der Waals surface area contributed by atoms with Gasteiger partial charge in [-0.25, -0.2) is 0 Å². The van der Waals surface area contributed by atoms with E-state index in [2.05, 4.69) is 9.88 Å². The third-order valence-corrected chi connectivity index (χ3v) is 5.44. The fraction of sp³-hybridized carbons (Fsp3) is 0.318. The van der Waals surface area contributed by atoms with Crippen molar-refractivity contribution in [2.45, 2.75) is 38.0 Å². The topological polar surface area (TPSA) is 56.3 Å². The van der Waals surface area contributed by atoms with Gasteiger partial charge in [0.25, 0.3) is 5.56 Å². The lowest BCUT2D eigenvalue weighted by molar-refractivity contribution is 0.0204. The summed E-state index contributed by atoms with van der Waals surface area (Å²) in [5.41, 5.74) is 2.02. The number of nitrogens with zero attached hydrogens (tertiary/aromatic N) is 1. The van der Waals surface area contributed by atoms with Crippen LogP contribution in [0, 0.1) is 0 Å². The van der Waals surface area contributed by atoms with Crippen LogP contribution >= 0.6 is 0 Å². The van der Waals surface area contributed by atoms with E-state index in [1.165, 1.54) is 0 Å². The van der Waals surface area contributed by atoms with Crippen LogP contribution < -0.4 is 5.56 Å². The standard InChI is InChI=1S/C22H24N2O2/c25-21(16-8-2-1-3-9-16)20-12-6-7-13-24(20)15-17-14-23-22(26)19-11-5-4-10-18(17)19/h1-5,8-11,14,20-21,25H,6-7,12-13,15H2,(H,23,26). The first-order valence-corrected chi connectivity index (χ1v) is 9.30. The summed E-state index contributed by atoms with van der Waals surface area (Å²) in [5.74, 6) is 0. The lowest BCUT2D eigenvalue weighted by atomic mass is 9.92. The largest absolute Gasteiger partial charge is 0.387 e. The minimum Gasteiger partial charge on any atom is -0.387 e. The molecule has 0 amide bonds. The van der Waals surface area contributed by atoms with Gasteiger partial charge in [0.15, 0.2) is 0 Å². The Bertz CT molecular complexity index is 936. The number of aliphatic hydroxyl groups excluding tert-OH is 1. The second-order valence-corrected chi connectivity index (χ2v) is 7.08. The van der Waals surface area contributed by atoms with Crippen LogP contribution in [0.4, 0.5) is 0 Å². The number of likely N-dealkylation sites (tertiary alicyclic amines) is 1. The molecule has 1 aliphatic rings. The maximum atomic E-state index is 12.1. The summed E-state index contributed by atoms with van der Waals surface area (Å²) in [6.07, 6.45) is 4.59. The minimum atomic E-state index is -0.495. The van der Waals surface area contributed by atoms with E-state index in [-0.39, 0.29) is 11.6 Å². The van der Waals surface area contributed by atoms with Crippen molar-refractivity contribution in [3.05, 3.63) is 82.3 Å². The molecule has 26 heavy (non-hydrogen) atoms. The van der Waals surface area contributed by atoms with Gasteiger partial charge in [0.1, 0.15) is 0 Å². The summed E-state index contributed by atoms with van der Waals surface area (Å²) in [7, 11) is 0. The highest BCUT2D eigenvalue weighted by atomic mass is 16.3. The Hall–Kier alpha value is -2.43. The van der Waals surface area contributed by atoms with Gasteiger partial charge in [-0.1, -0.05) is 55.0 Å². The zero-order valence-electron chi connectivity index (χ0n) is 14.8. The molecule has 4 rings (SSSR count). The summed E-state index contributed by atoms with van der Waals surface area (Å²) in [5, 5.41) is 12.7. The number of benzene rings is 2. The maximum absolute atomic E-state index is 12.1. The van der Waals surface area contributed by atoms with Gasteiger partial charge in [-0.05, 0) is 42.0 Å². The number of pyridine rings is 1. The van der Waals surface area contributed by atoms with E-state index in [1.807, 2.05) is 60.8 Å². The number of piperidine rings is 1. The Morgan fingerprint density at radius 3 is 2.58 bits per heavy atom. The van der Waals surface area contributed by atoms with E-state index >= 15 is 0 Å². The predicted molar refractivity (Wildman–Crippen MR) is 104 cm³/mol. The van der Waals surface area contributed by atoms with Crippen LogP contribution in [0.3, 0.4) is 0 Å². The number of fused-ring (bicyclic) bond motifs is 1. The zero-order valence-corrected chi connectivity index (χ0v) is 14.8. The van der Waals surface area contributed by atoms with Gasteiger partial charge in [0.2, 0.25) is 0 Å². The van der Waals surface area contributed by atoms with Gasteiger partial charge < -0.3 is 10.1 Å². The molecule has 0 aliphatic carbocycles. The molecule has 0 bridgehead atoms. The van der Waals surface area contributed by atoms with Gasteiger partial charge in [-0.2, -0.15) is 0 Å². The number of aliphatic hydroxyl groups is 1. The molecule has 1 aromatic heterocycles. The SMILES string of the molecule is O=c1[nH]cc(CN2CCCCC2C(O)c2ccccc2)c2ccccc12. The van der Waals surface area contributed by atoms with E-state index in [0.29, 0.717) is 0 Å². The third-order valence-electron chi connectivity index (χ3n) is 5.44. The highest BCUT2D eigenvalue weighted by Gasteiger charge is 2.30. The van der Waals surface area contributed by atoms with Crippen molar-refractivity contribution >= 4 is 10.8 Å². The number of hydrogen-bond acceptors (Lipinski definition) is 3. The van der Waals surface area contributed by atoms with Crippen LogP contribution in [0.5, 0.6) is 0 Å². The van der Waals surface area contributed by atoms with Gasteiger partial charge >= 0.3 is 0 Å². The van der Waals surface area contributed by atoms with Crippen molar-refractivity contribution in [2.75, 3.05) is 6.54 Å². The normalized spacial score (nSPS) is 19.5. The second-order valence-electron chi connectivity index (χ2n) is 7.08. The molecule has 0 spiro atoms. The van der Waals surface area contributed by atoms with Crippen molar-refractivity contribution < 1.29 is 5.11 Å². The average molecular weight is 348 g/mol. The molecule has 2 aromatic carbocycles. The van der Waals surface area contributed by atoms with E-state index < -0.39 is 6.10 Å². The predicted octanol–water partition coefficient (Wildman–Crippen LogP) is 3.62. The fourth-order valence-electron chi connectivity index (χ4n) is 4.06. The molecule has 0 saturated carbocycles. The summed E-state index contributed by atoms with van der Waals surface area (Å²) in [6.45, 7) is 1.69. The quantitative estimate of drug-likeness (QED) is 0.757. The van der Waals surface area contributed by atoms with E-state index in [0.717, 1.165) is 54.3 Å². The Kier molecular flexibility index (Phi) is 4.87. The molecule has 4 nitrogen and oxygen atoms in total. The molecule has 2 N–H and O–H groups in total. The molecule has 1 saturated heterocycles. The number of H-pyrrole nitrogens is 1. The summed E-state index contributed by atoms with van der Waals surface area (Å²) >= 11 is 0. The Morgan fingerprint density at radius 2 is 1.77 bits per heavy atom. The molecule has 1 aliphatic heterocycles. The van der Waals surface area contributed by atoms with Crippen molar-refractivity contribution in [3.63, 3.8) is 0 Å². The Morgan fingerprint density at radius 1 is 1.04 bits per heavy atom. The van der Waals surface area contributed by atoms with Crippen molar-refractivity contribution in [1.29, 1.82) is 0 Å². The first-order chi connectivity index (χ1) is 12.7. The first kappa shape index (κ1) is 17.0. The Balaban J connectivity index is 1.64. The van der Waals surface area contributed by atoms with Crippen LogP contribution in [0.2, 0.25) is 0 Å². The molecule has 3 aromatic rings. The summed E-state index contributed by atoms with van der Waals surface area (Å²) in [6, 6.07) is 17.7. The summed E-state index contributed by atoms with van der Waals surface area (Å²) < 4.78 is 0. The smallest absolute Gasteiger partial charge is 0.255 e. The van der Waals surface area contributed by atoms with Gasteiger partial charge in [-0.15, -0.1) is 0 Å². The van der Waals surface area contributed by atoms with E-state index in [4.69, 9.17) is 0 Å². The van der Waals surface area contributed by atoms with Gasteiger partial charge in [-0.3, -0.25) is 9.69 Å². The maximum Gasteiger partial charge on any atom is 0.255 e. The lowest BCUT2D eigenvalue weighted by Crippen LogP contribution is -2.42. The minimum absolute atomic E-state index is 0.0520. The number of aromatic amines is 1. The van der Waals surface area contributed by atoms with Crippen LogP contribution in [0.15, 0.2) is 65.6 Å². The molecular formula is C22H24N2O2. The van der Waals surface area contributed by atoms with Crippen molar-refractivity contribution in [3.8, 4) is 0 Å². The van der Waals surface area contributed by atoms with Gasteiger partial charge in [0, 0.05) is 24.2 Å². The number of hydrogen-bond donors (Lipinski definition) is 2. The molecule has 0 radical (unpaired) electrons. The van der Waals surface area contributed by atoms with Crippen molar-refractivity contribution in [1.82, 2.24) is 9.88 Å². The number of nitrogens with one attached hydrogen (secondary N) is 1. The highest BCUT2D eigenvalue weighted by Crippen LogP contribution is 2.30. The lowest BCUT2D eigenvalue weighted by Gasteiger charge is -2.38. The van der Waals surface area contributed by atoms with Crippen molar-refractivity contribution in [2.24, 2.45) is 0 Å². The van der Waals surface area contributed by atoms with Gasteiger partial charge in [0.05, 0.1) is 6.10 Å². The molecule has 134 valence electrons. The molecule has 4 heteroatoms. The van der Waals surface area contributed by atoms with E-state index in [9.17, 15) is 9.90 Å². The highest BCUT2D eigenvalue weighted by molar-refractivity contribution is 5.84. The van der Waals surface area contributed by atoms with Crippen LogP contribution in [0.25, 0.3) is 10.8 Å². The number of aromatic nitrogens is 1. The molecule has 1 fully saturated rings. The molecule has 2 unspecified atom stereocenters. The number of rotatable bonds is 4. The molecule has 2 heterocycles. The fourth-order valence-corrected chi connectivity index (χ4v) is 4.06. The average Bonchev–Trinajstić information content (AvgIpc) is 2.71.